The van der Waals surface area contributed by atoms with Gasteiger partial charge in [-0.05, 0) is 65.7 Å². The molecule has 0 saturated carbocycles. The molecule has 7 rings (SSSR count). The first-order valence-electron chi connectivity index (χ1n) is 12.6. The molecule has 4 nitrogen and oxygen atoms in total. The lowest BCUT2D eigenvalue weighted by molar-refractivity contribution is 0.477. The molecule has 0 spiro atoms. The number of fused-ring (bicyclic) bond motifs is 3. The molecule has 0 unspecified atom stereocenters. The van der Waals surface area contributed by atoms with Crippen LogP contribution in [-0.4, -0.2) is 19.6 Å². The zero-order valence-corrected chi connectivity index (χ0v) is 20.5. The van der Waals surface area contributed by atoms with Gasteiger partial charge in [0.25, 0.3) is 0 Å². The molecule has 0 amide bonds. The van der Waals surface area contributed by atoms with Crippen LogP contribution in [0.15, 0.2) is 134 Å². The lowest BCUT2D eigenvalue weighted by Crippen LogP contribution is -1.97. The topological polar surface area (TPSA) is 50.9 Å². The number of hydrogen-bond donors (Lipinski definition) is 1. The molecule has 0 radical (unpaired) electrons. The molecule has 4 aromatic carbocycles. The number of rotatable bonds is 4. The highest BCUT2D eigenvalue weighted by Crippen LogP contribution is 2.35. The Morgan fingerprint density at radius 1 is 0.553 bits per heavy atom. The summed E-state index contributed by atoms with van der Waals surface area (Å²) in [7, 11) is 0. The van der Waals surface area contributed by atoms with Crippen molar-refractivity contribution >= 4 is 21.9 Å². The maximum Gasteiger partial charge on any atom is 0.145 e. The van der Waals surface area contributed by atoms with Gasteiger partial charge in [-0.15, -0.1) is 0 Å². The van der Waals surface area contributed by atoms with Crippen LogP contribution in [0.5, 0.6) is 5.75 Å². The van der Waals surface area contributed by atoms with Crippen molar-refractivity contribution in [3.63, 3.8) is 0 Å². The van der Waals surface area contributed by atoms with Crippen LogP contribution in [0, 0.1) is 0 Å². The normalized spacial score (nSPS) is 11.3. The minimum absolute atomic E-state index is 0.210. The molecule has 3 aromatic heterocycles. The second-order valence-corrected chi connectivity index (χ2v) is 9.29. The zero-order chi connectivity index (χ0) is 25.5. The van der Waals surface area contributed by atoms with Crippen molar-refractivity contribution < 1.29 is 5.11 Å². The third-order valence-corrected chi connectivity index (χ3v) is 6.95. The Morgan fingerprint density at radius 3 is 2.18 bits per heavy atom. The molecule has 7 aromatic rings. The monoisotopic (exact) mass is 489 g/mol. The Balaban J connectivity index is 1.44. The molecule has 0 aliphatic rings. The Morgan fingerprint density at radius 2 is 1.29 bits per heavy atom. The van der Waals surface area contributed by atoms with Gasteiger partial charge < -0.3 is 5.11 Å². The average molecular weight is 490 g/mol. The van der Waals surface area contributed by atoms with Gasteiger partial charge in [0.2, 0.25) is 0 Å². The second kappa shape index (κ2) is 9.02. The molecule has 4 heteroatoms. The minimum Gasteiger partial charge on any atom is -0.507 e. The van der Waals surface area contributed by atoms with Gasteiger partial charge in [0.15, 0.2) is 0 Å². The van der Waals surface area contributed by atoms with Crippen LogP contribution in [0.4, 0.5) is 0 Å². The third kappa shape index (κ3) is 3.71. The minimum atomic E-state index is 0.210. The summed E-state index contributed by atoms with van der Waals surface area (Å²) >= 11 is 0. The van der Waals surface area contributed by atoms with Crippen LogP contribution in [0.1, 0.15) is 0 Å². The van der Waals surface area contributed by atoms with Crippen molar-refractivity contribution in [3.05, 3.63) is 134 Å². The van der Waals surface area contributed by atoms with Crippen molar-refractivity contribution in [2.45, 2.75) is 0 Å². The van der Waals surface area contributed by atoms with Crippen LogP contribution in [0.25, 0.3) is 61.3 Å². The van der Waals surface area contributed by atoms with Crippen LogP contribution in [-0.2, 0) is 0 Å². The number of para-hydroxylation sites is 2. The van der Waals surface area contributed by atoms with Crippen LogP contribution < -0.4 is 0 Å². The van der Waals surface area contributed by atoms with Crippen LogP contribution in [0.2, 0.25) is 0 Å². The molecule has 0 atom stereocenters. The van der Waals surface area contributed by atoms with E-state index in [9.17, 15) is 5.11 Å². The van der Waals surface area contributed by atoms with E-state index in [0.29, 0.717) is 5.56 Å². The van der Waals surface area contributed by atoms with Gasteiger partial charge in [0, 0.05) is 33.8 Å². The number of aromatic hydroxyl groups is 1. The Bertz CT molecular complexity index is 1890. The Kier molecular flexibility index (Phi) is 5.22. The van der Waals surface area contributed by atoms with E-state index in [1.807, 2.05) is 54.7 Å². The second-order valence-electron chi connectivity index (χ2n) is 9.29. The maximum absolute atomic E-state index is 10.6. The number of phenols is 1. The van der Waals surface area contributed by atoms with Gasteiger partial charge in [-0.2, -0.15) is 0 Å². The number of pyridine rings is 2. The number of aromatic nitrogens is 3. The van der Waals surface area contributed by atoms with Gasteiger partial charge in [-0.1, -0.05) is 72.8 Å². The lowest BCUT2D eigenvalue weighted by Gasteiger charge is -2.13. The van der Waals surface area contributed by atoms with Crippen molar-refractivity contribution in [1.29, 1.82) is 0 Å². The molecule has 3 heterocycles. The lowest BCUT2D eigenvalue weighted by atomic mass is 9.99. The molecule has 0 fully saturated rings. The van der Waals surface area contributed by atoms with E-state index in [2.05, 4.69) is 77.4 Å². The Hall–Kier alpha value is -5.22. The van der Waals surface area contributed by atoms with E-state index >= 15 is 0 Å². The molecule has 180 valence electrons. The highest BCUT2D eigenvalue weighted by molar-refractivity contribution is 6.07. The van der Waals surface area contributed by atoms with Crippen LogP contribution in [0.3, 0.4) is 0 Å². The van der Waals surface area contributed by atoms with Crippen molar-refractivity contribution in [2.24, 2.45) is 0 Å². The molecule has 0 aliphatic heterocycles. The summed E-state index contributed by atoms with van der Waals surface area (Å²) < 4.78 is 2.21. The predicted molar refractivity (Wildman–Crippen MR) is 154 cm³/mol. The summed E-state index contributed by atoms with van der Waals surface area (Å²) in [5.41, 5.74) is 8.43. The number of nitrogens with zero attached hydrogens (tertiary/aromatic N) is 3. The summed E-state index contributed by atoms with van der Waals surface area (Å²) in [5.74, 6) is 0.210. The molecular formula is C34H23N3O. The van der Waals surface area contributed by atoms with Crippen molar-refractivity contribution in [2.75, 3.05) is 0 Å². The number of phenolic OH excluding ortho intramolecular Hbond substituents is 1. The summed E-state index contributed by atoms with van der Waals surface area (Å²) in [6, 6.07) is 42.7. The van der Waals surface area contributed by atoms with Crippen molar-refractivity contribution in [3.8, 4) is 45.1 Å². The first kappa shape index (κ1) is 22.0. The fraction of sp³-hybridized carbons (Fsp3) is 0. The van der Waals surface area contributed by atoms with E-state index in [4.69, 9.17) is 9.97 Å². The zero-order valence-electron chi connectivity index (χ0n) is 20.5. The first-order chi connectivity index (χ1) is 18.8. The Labute approximate surface area is 220 Å². The third-order valence-electron chi connectivity index (χ3n) is 6.95. The molecule has 1 N–H and O–H groups in total. The number of benzene rings is 4. The highest BCUT2D eigenvalue weighted by atomic mass is 16.3. The summed E-state index contributed by atoms with van der Waals surface area (Å²) in [5, 5.41) is 12.9. The predicted octanol–water partition coefficient (Wildman–Crippen LogP) is 8.28. The molecule has 38 heavy (non-hydrogen) atoms. The van der Waals surface area contributed by atoms with E-state index in [-0.39, 0.29) is 5.75 Å². The quantitative estimate of drug-likeness (QED) is 0.271. The summed E-state index contributed by atoms with van der Waals surface area (Å²) in [6.45, 7) is 0. The van der Waals surface area contributed by atoms with Gasteiger partial charge in [0.05, 0.1) is 16.9 Å². The van der Waals surface area contributed by atoms with Crippen molar-refractivity contribution in [1.82, 2.24) is 14.5 Å². The largest absolute Gasteiger partial charge is 0.507 e. The first-order valence-corrected chi connectivity index (χ1v) is 12.6. The molecular weight excluding hydrogens is 466 g/mol. The smallest absolute Gasteiger partial charge is 0.145 e. The maximum atomic E-state index is 10.6. The van der Waals surface area contributed by atoms with E-state index in [1.165, 1.54) is 5.39 Å². The average Bonchev–Trinajstić information content (AvgIpc) is 3.32. The number of hydrogen-bond acceptors (Lipinski definition) is 3. The fourth-order valence-electron chi connectivity index (χ4n) is 5.17. The van der Waals surface area contributed by atoms with Gasteiger partial charge in [-0.25, -0.2) is 9.97 Å². The molecule has 0 saturated heterocycles. The molecule has 0 aliphatic carbocycles. The standard InChI is InChI=1S/C34H23N3O/c38-33-18-7-5-15-29(33)31-22-25(23-10-2-1-3-11-23)21-30(36-31)24-12-8-13-26(20-24)37-32-17-6-4-14-27(32)28-16-9-19-35-34(28)37/h1-22,38H. The van der Waals surface area contributed by atoms with Gasteiger partial charge >= 0.3 is 0 Å². The fourth-order valence-corrected chi connectivity index (χ4v) is 5.17. The molecule has 0 bridgehead atoms. The summed E-state index contributed by atoms with van der Waals surface area (Å²) in [4.78, 5) is 9.76. The summed E-state index contributed by atoms with van der Waals surface area (Å²) in [6.07, 6.45) is 1.84. The van der Waals surface area contributed by atoms with Gasteiger partial charge in [-0.3, -0.25) is 4.57 Å². The van der Waals surface area contributed by atoms with Crippen LogP contribution >= 0.6 is 0 Å². The van der Waals surface area contributed by atoms with Gasteiger partial charge in [0.1, 0.15) is 11.4 Å². The SMILES string of the molecule is Oc1ccccc1-c1cc(-c2ccccc2)cc(-c2cccc(-n3c4ccccc4c4cccnc43)c2)n1. The highest BCUT2D eigenvalue weighted by Gasteiger charge is 2.15. The van der Waals surface area contributed by atoms with E-state index in [1.54, 1.807) is 6.07 Å². The van der Waals surface area contributed by atoms with E-state index in [0.717, 1.165) is 50.3 Å². The van der Waals surface area contributed by atoms with E-state index < -0.39 is 0 Å².